The van der Waals surface area contributed by atoms with Crippen LogP contribution in [-0.4, -0.2) is 19.2 Å². The fraction of sp³-hybridized carbons (Fsp3) is 0.294. The van der Waals surface area contributed by atoms with E-state index < -0.39 is 0 Å². The number of halogens is 1. The maximum Gasteiger partial charge on any atom is 0.169 e. The quantitative estimate of drug-likeness (QED) is 0.915. The Balaban J connectivity index is 1.79. The van der Waals surface area contributed by atoms with Crippen LogP contribution < -0.4 is 14.8 Å². The SMILES string of the molecule is Clc1ccc(Oc2ccccc2)c(OC2CCNCC2)c1. The van der Waals surface area contributed by atoms with Gasteiger partial charge in [-0.1, -0.05) is 29.8 Å². The van der Waals surface area contributed by atoms with Gasteiger partial charge in [0.1, 0.15) is 11.9 Å². The second kappa shape index (κ2) is 6.83. The van der Waals surface area contributed by atoms with E-state index in [1.807, 2.05) is 48.5 Å². The van der Waals surface area contributed by atoms with E-state index in [0.29, 0.717) is 16.5 Å². The highest BCUT2D eigenvalue weighted by Crippen LogP contribution is 2.35. The summed E-state index contributed by atoms with van der Waals surface area (Å²) in [4.78, 5) is 0. The van der Waals surface area contributed by atoms with Gasteiger partial charge >= 0.3 is 0 Å². The first-order valence-corrected chi connectivity index (χ1v) is 7.59. The van der Waals surface area contributed by atoms with E-state index >= 15 is 0 Å². The normalized spacial score (nSPS) is 15.7. The first-order valence-electron chi connectivity index (χ1n) is 7.21. The third kappa shape index (κ3) is 3.90. The third-order valence-electron chi connectivity index (χ3n) is 3.46. The number of nitrogens with one attached hydrogen (secondary N) is 1. The standard InChI is InChI=1S/C17H18ClNO2/c18-13-6-7-16(20-14-4-2-1-3-5-14)17(12-13)21-15-8-10-19-11-9-15/h1-7,12,15,19H,8-11H2. The molecule has 1 fully saturated rings. The minimum atomic E-state index is 0.211. The van der Waals surface area contributed by atoms with Gasteiger partial charge in [-0.15, -0.1) is 0 Å². The number of hydrogen-bond donors (Lipinski definition) is 1. The van der Waals surface area contributed by atoms with Crippen molar-refractivity contribution in [1.82, 2.24) is 5.32 Å². The Morgan fingerprint density at radius 3 is 2.48 bits per heavy atom. The maximum atomic E-state index is 6.09. The molecule has 21 heavy (non-hydrogen) atoms. The van der Waals surface area contributed by atoms with Crippen molar-refractivity contribution in [1.29, 1.82) is 0 Å². The highest BCUT2D eigenvalue weighted by atomic mass is 35.5. The average molecular weight is 304 g/mol. The molecule has 0 saturated carbocycles. The topological polar surface area (TPSA) is 30.5 Å². The van der Waals surface area contributed by atoms with Crippen LogP contribution in [0.1, 0.15) is 12.8 Å². The van der Waals surface area contributed by atoms with Crippen molar-refractivity contribution in [2.45, 2.75) is 18.9 Å². The second-order valence-electron chi connectivity index (χ2n) is 5.07. The van der Waals surface area contributed by atoms with Crippen molar-refractivity contribution in [2.75, 3.05) is 13.1 Å². The van der Waals surface area contributed by atoms with E-state index in [1.165, 1.54) is 0 Å². The summed E-state index contributed by atoms with van der Waals surface area (Å²) < 4.78 is 12.0. The molecule has 3 rings (SSSR count). The second-order valence-corrected chi connectivity index (χ2v) is 5.51. The highest BCUT2D eigenvalue weighted by molar-refractivity contribution is 6.30. The van der Waals surface area contributed by atoms with Gasteiger partial charge in [-0.05, 0) is 50.2 Å². The van der Waals surface area contributed by atoms with Crippen LogP contribution in [0.4, 0.5) is 0 Å². The molecule has 0 aliphatic carbocycles. The van der Waals surface area contributed by atoms with E-state index in [-0.39, 0.29) is 6.10 Å². The van der Waals surface area contributed by atoms with E-state index in [1.54, 1.807) is 0 Å². The molecule has 1 N–H and O–H groups in total. The third-order valence-corrected chi connectivity index (χ3v) is 3.69. The fourth-order valence-electron chi connectivity index (χ4n) is 2.37. The van der Waals surface area contributed by atoms with Gasteiger partial charge in [0.05, 0.1) is 0 Å². The predicted octanol–water partition coefficient (Wildman–Crippen LogP) is 4.26. The van der Waals surface area contributed by atoms with Gasteiger partial charge in [-0.25, -0.2) is 0 Å². The van der Waals surface area contributed by atoms with Crippen molar-refractivity contribution < 1.29 is 9.47 Å². The molecule has 2 aromatic carbocycles. The fourth-order valence-corrected chi connectivity index (χ4v) is 2.53. The summed E-state index contributed by atoms with van der Waals surface area (Å²) in [6, 6.07) is 15.2. The molecule has 4 heteroatoms. The summed E-state index contributed by atoms with van der Waals surface area (Å²) in [6.45, 7) is 1.97. The van der Waals surface area contributed by atoms with Gasteiger partial charge in [0.15, 0.2) is 11.5 Å². The van der Waals surface area contributed by atoms with E-state index in [9.17, 15) is 0 Å². The molecule has 1 aliphatic heterocycles. The minimum Gasteiger partial charge on any atom is -0.486 e. The molecule has 0 amide bonds. The number of rotatable bonds is 4. The Kier molecular flexibility index (Phi) is 4.63. The smallest absolute Gasteiger partial charge is 0.169 e. The van der Waals surface area contributed by atoms with Crippen LogP contribution in [0.3, 0.4) is 0 Å². The van der Waals surface area contributed by atoms with Gasteiger partial charge in [0, 0.05) is 11.1 Å². The van der Waals surface area contributed by atoms with Gasteiger partial charge in [0.25, 0.3) is 0 Å². The van der Waals surface area contributed by atoms with Crippen LogP contribution in [-0.2, 0) is 0 Å². The molecule has 0 unspecified atom stereocenters. The summed E-state index contributed by atoms with van der Waals surface area (Å²) in [5.74, 6) is 2.19. The van der Waals surface area contributed by atoms with E-state index in [2.05, 4.69) is 5.32 Å². The Morgan fingerprint density at radius 1 is 0.952 bits per heavy atom. The molecular weight excluding hydrogens is 286 g/mol. The Labute approximate surface area is 129 Å². The molecule has 0 spiro atoms. The molecule has 110 valence electrons. The van der Waals surface area contributed by atoms with Crippen LogP contribution >= 0.6 is 11.6 Å². The van der Waals surface area contributed by atoms with Crippen LogP contribution in [0.2, 0.25) is 5.02 Å². The lowest BCUT2D eigenvalue weighted by atomic mass is 10.1. The monoisotopic (exact) mass is 303 g/mol. The number of benzene rings is 2. The molecule has 0 radical (unpaired) electrons. The number of piperidine rings is 1. The molecule has 0 bridgehead atoms. The number of ether oxygens (including phenoxy) is 2. The van der Waals surface area contributed by atoms with Crippen LogP contribution in [0.15, 0.2) is 48.5 Å². The lowest BCUT2D eigenvalue weighted by Crippen LogP contribution is -2.34. The first kappa shape index (κ1) is 14.2. The van der Waals surface area contributed by atoms with Gasteiger partial charge < -0.3 is 14.8 Å². The molecule has 1 aliphatic rings. The van der Waals surface area contributed by atoms with E-state index in [0.717, 1.165) is 31.7 Å². The molecule has 1 saturated heterocycles. The van der Waals surface area contributed by atoms with Crippen LogP contribution in [0.25, 0.3) is 0 Å². The van der Waals surface area contributed by atoms with Crippen molar-refractivity contribution >= 4 is 11.6 Å². The Morgan fingerprint density at radius 2 is 1.71 bits per heavy atom. The van der Waals surface area contributed by atoms with Crippen LogP contribution in [0, 0.1) is 0 Å². The van der Waals surface area contributed by atoms with Crippen molar-refractivity contribution in [3.63, 3.8) is 0 Å². The number of hydrogen-bond acceptors (Lipinski definition) is 3. The van der Waals surface area contributed by atoms with Gasteiger partial charge in [-0.2, -0.15) is 0 Å². The lowest BCUT2D eigenvalue weighted by molar-refractivity contribution is 0.158. The summed E-state index contributed by atoms with van der Waals surface area (Å²) >= 11 is 6.09. The maximum absolute atomic E-state index is 6.09. The minimum absolute atomic E-state index is 0.211. The van der Waals surface area contributed by atoms with E-state index in [4.69, 9.17) is 21.1 Å². The van der Waals surface area contributed by atoms with Crippen molar-refractivity contribution in [3.05, 3.63) is 53.6 Å². The zero-order valence-corrected chi connectivity index (χ0v) is 12.5. The molecule has 0 atom stereocenters. The zero-order valence-electron chi connectivity index (χ0n) is 11.7. The molecule has 0 aromatic heterocycles. The predicted molar refractivity (Wildman–Crippen MR) is 84.5 cm³/mol. The summed E-state index contributed by atoms with van der Waals surface area (Å²) in [5.41, 5.74) is 0. The van der Waals surface area contributed by atoms with Gasteiger partial charge in [-0.3, -0.25) is 0 Å². The summed E-state index contributed by atoms with van der Waals surface area (Å²) in [7, 11) is 0. The molecule has 2 aromatic rings. The lowest BCUT2D eigenvalue weighted by Gasteiger charge is -2.25. The van der Waals surface area contributed by atoms with Crippen molar-refractivity contribution in [2.24, 2.45) is 0 Å². The summed E-state index contributed by atoms with van der Waals surface area (Å²) in [5, 5.41) is 3.98. The highest BCUT2D eigenvalue weighted by Gasteiger charge is 2.17. The zero-order chi connectivity index (χ0) is 14.5. The molecule has 1 heterocycles. The molecular formula is C17H18ClNO2. The summed E-state index contributed by atoms with van der Waals surface area (Å²) in [6.07, 6.45) is 2.21. The largest absolute Gasteiger partial charge is 0.486 e. The van der Waals surface area contributed by atoms with Gasteiger partial charge in [0.2, 0.25) is 0 Å². The first-order chi connectivity index (χ1) is 10.3. The Hall–Kier alpha value is -1.71. The Bertz CT molecular complexity index is 583. The van der Waals surface area contributed by atoms with Crippen LogP contribution in [0.5, 0.6) is 17.2 Å². The van der Waals surface area contributed by atoms with Crippen molar-refractivity contribution in [3.8, 4) is 17.2 Å². The average Bonchev–Trinajstić information content (AvgIpc) is 2.52. The number of para-hydroxylation sites is 1. The molecule has 3 nitrogen and oxygen atoms in total.